The number of carbonyl (C=O) groups is 1. The lowest BCUT2D eigenvalue weighted by molar-refractivity contribution is 0.1000. The summed E-state index contributed by atoms with van der Waals surface area (Å²) < 4.78 is 13.6. The summed E-state index contributed by atoms with van der Waals surface area (Å²) in [6, 6.07) is 9.85. The molecule has 104 valence electrons. The molecule has 0 aliphatic carbocycles. The molecule has 0 spiro atoms. The number of primary amides is 1. The maximum absolute atomic E-state index is 13.6. The summed E-state index contributed by atoms with van der Waals surface area (Å²) in [5.74, 6) is -0.903. The van der Waals surface area contributed by atoms with E-state index in [0.29, 0.717) is 24.2 Å². The Morgan fingerprint density at radius 2 is 2.15 bits per heavy atom. The summed E-state index contributed by atoms with van der Waals surface area (Å²) in [5.41, 5.74) is 6.90. The fourth-order valence-electron chi connectivity index (χ4n) is 1.85. The summed E-state index contributed by atoms with van der Waals surface area (Å²) in [4.78, 5) is 15.3. The van der Waals surface area contributed by atoms with Crippen LogP contribution in [0.5, 0.6) is 0 Å². The van der Waals surface area contributed by atoms with Crippen LogP contribution in [0, 0.1) is 5.82 Å². The molecule has 1 heterocycles. The molecule has 2 aromatic rings. The Balaban J connectivity index is 1.88. The molecule has 1 amide bonds. The highest BCUT2D eigenvalue weighted by Gasteiger charge is 2.06. The number of aromatic nitrogens is 1. The maximum Gasteiger partial charge on any atom is 0.248 e. The number of pyridine rings is 1. The van der Waals surface area contributed by atoms with Gasteiger partial charge in [-0.05, 0) is 30.3 Å². The van der Waals surface area contributed by atoms with Gasteiger partial charge >= 0.3 is 0 Å². The minimum atomic E-state index is -0.556. The first kappa shape index (κ1) is 14.1. The van der Waals surface area contributed by atoms with Gasteiger partial charge in [-0.3, -0.25) is 9.78 Å². The van der Waals surface area contributed by atoms with Crippen LogP contribution in [-0.2, 0) is 13.0 Å². The van der Waals surface area contributed by atoms with E-state index >= 15 is 0 Å². The van der Waals surface area contributed by atoms with E-state index in [1.165, 1.54) is 18.2 Å². The van der Waals surface area contributed by atoms with Crippen LogP contribution < -0.4 is 11.1 Å². The molecule has 2 rings (SSSR count). The van der Waals surface area contributed by atoms with Gasteiger partial charge in [-0.25, -0.2) is 4.39 Å². The molecule has 1 aromatic heterocycles. The fraction of sp³-hybridized carbons (Fsp3) is 0.200. The third-order valence-corrected chi connectivity index (χ3v) is 2.93. The van der Waals surface area contributed by atoms with Gasteiger partial charge in [-0.2, -0.15) is 0 Å². The second-order valence-electron chi connectivity index (χ2n) is 4.42. The molecular weight excluding hydrogens is 257 g/mol. The summed E-state index contributed by atoms with van der Waals surface area (Å²) >= 11 is 0. The van der Waals surface area contributed by atoms with E-state index in [4.69, 9.17) is 5.73 Å². The third kappa shape index (κ3) is 3.86. The first-order valence-corrected chi connectivity index (χ1v) is 6.35. The molecule has 0 fully saturated rings. The van der Waals surface area contributed by atoms with Crippen molar-refractivity contribution in [3.8, 4) is 0 Å². The van der Waals surface area contributed by atoms with E-state index in [2.05, 4.69) is 10.3 Å². The number of nitrogens with zero attached hydrogens (tertiary/aromatic N) is 1. The zero-order valence-electron chi connectivity index (χ0n) is 11.0. The standard InChI is InChI=1S/C15H16FN3O/c16-14-5-4-11(15(17)20)9-12(14)10-18-8-6-13-3-1-2-7-19-13/h1-5,7,9,18H,6,8,10H2,(H2,17,20). The number of nitrogens with one attached hydrogen (secondary N) is 1. The minimum Gasteiger partial charge on any atom is -0.366 e. The predicted molar refractivity (Wildman–Crippen MR) is 74.6 cm³/mol. The second kappa shape index (κ2) is 6.77. The highest BCUT2D eigenvalue weighted by atomic mass is 19.1. The zero-order valence-corrected chi connectivity index (χ0v) is 11.0. The Kier molecular flexibility index (Phi) is 4.79. The van der Waals surface area contributed by atoms with Crippen molar-refractivity contribution in [2.75, 3.05) is 6.54 Å². The van der Waals surface area contributed by atoms with Crippen LogP contribution in [0.2, 0.25) is 0 Å². The molecule has 5 heteroatoms. The summed E-state index contributed by atoms with van der Waals surface area (Å²) in [5, 5.41) is 3.13. The monoisotopic (exact) mass is 273 g/mol. The number of benzene rings is 1. The molecule has 0 aliphatic heterocycles. The molecule has 0 aliphatic rings. The van der Waals surface area contributed by atoms with E-state index < -0.39 is 5.91 Å². The quantitative estimate of drug-likeness (QED) is 0.786. The Morgan fingerprint density at radius 1 is 1.30 bits per heavy atom. The Bertz CT molecular complexity index is 587. The van der Waals surface area contributed by atoms with Gasteiger partial charge in [-0.15, -0.1) is 0 Å². The number of nitrogens with two attached hydrogens (primary N) is 1. The predicted octanol–water partition coefficient (Wildman–Crippen LogP) is 1.65. The van der Waals surface area contributed by atoms with E-state index in [-0.39, 0.29) is 5.82 Å². The molecule has 0 unspecified atom stereocenters. The molecular formula is C15H16FN3O. The summed E-state index contributed by atoms with van der Waals surface area (Å²) in [6.45, 7) is 1.02. The van der Waals surface area contributed by atoms with Crippen LogP contribution in [0.3, 0.4) is 0 Å². The molecule has 0 atom stereocenters. The summed E-state index contributed by atoms with van der Waals surface area (Å²) in [6.07, 6.45) is 2.50. The number of hydrogen-bond donors (Lipinski definition) is 2. The average Bonchev–Trinajstić information content (AvgIpc) is 2.46. The molecule has 0 saturated carbocycles. The van der Waals surface area contributed by atoms with Crippen LogP contribution in [0.4, 0.5) is 4.39 Å². The number of hydrogen-bond acceptors (Lipinski definition) is 3. The van der Waals surface area contributed by atoms with Gasteiger partial charge in [0.1, 0.15) is 5.82 Å². The van der Waals surface area contributed by atoms with Crippen LogP contribution in [0.1, 0.15) is 21.6 Å². The highest BCUT2D eigenvalue weighted by Crippen LogP contribution is 2.10. The van der Waals surface area contributed by atoms with Crippen LogP contribution in [0.25, 0.3) is 0 Å². The smallest absolute Gasteiger partial charge is 0.248 e. The maximum atomic E-state index is 13.6. The molecule has 20 heavy (non-hydrogen) atoms. The van der Waals surface area contributed by atoms with Crippen LogP contribution in [0.15, 0.2) is 42.6 Å². The van der Waals surface area contributed by atoms with Crippen molar-refractivity contribution in [2.45, 2.75) is 13.0 Å². The van der Waals surface area contributed by atoms with Gasteiger partial charge in [0.25, 0.3) is 0 Å². The fourth-order valence-corrected chi connectivity index (χ4v) is 1.85. The lowest BCUT2D eigenvalue weighted by Gasteiger charge is -2.07. The Hall–Kier alpha value is -2.27. The van der Waals surface area contributed by atoms with Crippen molar-refractivity contribution in [3.05, 3.63) is 65.2 Å². The number of rotatable bonds is 6. The van der Waals surface area contributed by atoms with Crippen LogP contribution >= 0.6 is 0 Å². The van der Waals surface area contributed by atoms with Crippen molar-refractivity contribution in [1.82, 2.24) is 10.3 Å². The lowest BCUT2D eigenvalue weighted by atomic mass is 10.1. The van der Waals surface area contributed by atoms with Crippen molar-refractivity contribution < 1.29 is 9.18 Å². The third-order valence-electron chi connectivity index (χ3n) is 2.93. The van der Waals surface area contributed by atoms with Crippen LogP contribution in [-0.4, -0.2) is 17.4 Å². The number of amides is 1. The first-order valence-electron chi connectivity index (χ1n) is 6.35. The molecule has 4 nitrogen and oxygen atoms in total. The average molecular weight is 273 g/mol. The van der Waals surface area contributed by atoms with E-state index in [1.54, 1.807) is 6.20 Å². The topological polar surface area (TPSA) is 68.0 Å². The normalized spacial score (nSPS) is 10.4. The lowest BCUT2D eigenvalue weighted by Crippen LogP contribution is -2.19. The van der Waals surface area contributed by atoms with Gasteiger partial charge in [0, 0.05) is 42.5 Å². The van der Waals surface area contributed by atoms with Gasteiger partial charge in [0.15, 0.2) is 0 Å². The Labute approximate surface area is 116 Å². The van der Waals surface area contributed by atoms with Gasteiger partial charge in [-0.1, -0.05) is 6.07 Å². The van der Waals surface area contributed by atoms with Crippen molar-refractivity contribution in [2.24, 2.45) is 5.73 Å². The van der Waals surface area contributed by atoms with Crippen molar-refractivity contribution in [1.29, 1.82) is 0 Å². The van der Waals surface area contributed by atoms with E-state index in [1.807, 2.05) is 18.2 Å². The van der Waals surface area contributed by atoms with Gasteiger partial charge in [0.05, 0.1) is 0 Å². The van der Waals surface area contributed by atoms with E-state index in [0.717, 1.165) is 12.1 Å². The number of halogens is 1. The molecule has 0 saturated heterocycles. The SMILES string of the molecule is NC(=O)c1ccc(F)c(CNCCc2ccccn2)c1. The van der Waals surface area contributed by atoms with Crippen molar-refractivity contribution >= 4 is 5.91 Å². The van der Waals surface area contributed by atoms with Gasteiger partial charge < -0.3 is 11.1 Å². The largest absolute Gasteiger partial charge is 0.366 e. The van der Waals surface area contributed by atoms with E-state index in [9.17, 15) is 9.18 Å². The zero-order chi connectivity index (χ0) is 14.4. The highest BCUT2D eigenvalue weighted by molar-refractivity contribution is 5.92. The van der Waals surface area contributed by atoms with Gasteiger partial charge in [0.2, 0.25) is 5.91 Å². The Morgan fingerprint density at radius 3 is 2.85 bits per heavy atom. The second-order valence-corrected chi connectivity index (χ2v) is 4.42. The molecule has 0 bridgehead atoms. The molecule has 0 radical (unpaired) electrons. The first-order chi connectivity index (χ1) is 9.66. The van der Waals surface area contributed by atoms with Crippen molar-refractivity contribution in [3.63, 3.8) is 0 Å². The number of carbonyl (C=O) groups excluding carboxylic acids is 1. The molecule has 3 N–H and O–H groups in total. The molecule has 1 aromatic carbocycles. The minimum absolute atomic E-state index is 0.313. The summed E-state index contributed by atoms with van der Waals surface area (Å²) in [7, 11) is 0.